The van der Waals surface area contributed by atoms with Crippen molar-refractivity contribution in [2.45, 2.75) is 0 Å². The number of para-hydroxylation sites is 1. The highest BCUT2D eigenvalue weighted by Crippen LogP contribution is 2.29. The molecule has 0 radical (unpaired) electrons. The quantitative estimate of drug-likeness (QED) is 0.620. The highest BCUT2D eigenvalue weighted by atomic mass is 32.2. The zero-order valence-corrected chi connectivity index (χ0v) is 13.4. The highest BCUT2D eigenvalue weighted by molar-refractivity contribution is 8.14. The monoisotopic (exact) mass is 320 g/mol. The van der Waals surface area contributed by atoms with Crippen molar-refractivity contribution in [3.63, 3.8) is 0 Å². The molecule has 0 aromatic heterocycles. The van der Waals surface area contributed by atoms with Crippen molar-refractivity contribution in [2.75, 3.05) is 10.7 Å². The first-order valence-electron chi connectivity index (χ1n) is 7.28. The first kappa shape index (κ1) is 15.3. The van der Waals surface area contributed by atoms with Gasteiger partial charge < -0.3 is 0 Å². The summed E-state index contributed by atoms with van der Waals surface area (Å²) in [4.78, 5) is 19.0. The average Bonchev–Trinajstić information content (AvgIpc) is 2.90. The maximum Gasteiger partial charge on any atom is 0.283 e. The third-order valence-corrected chi connectivity index (χ3v) is 4.21. The molecule has 0 saturated carbocycles. The number of carbonyl (C=O) groups excluding carboxylic acids is 1. The van der Waals surface area contributed by atoms with Gasteiger partial charge in [0.25, 0.3) is 5.91 Å². The van der Waals surface area contributed by atoms with E-state index in [-0.39, 0.29) is 5.91 Å². The first-order chi connectivity index (χ1) is 11.3. The van der Waals surface area contributed by atoms with Crippen LogP contribution in [0.5, 0.6) is 0 Å². The van der Waals surface area contributed by atoms with Crippen LogP contribution in [0.1, 0.15) is 5.56 Å². The molecular formula is C19H16N2OS. The van der Waals surface area contributed by atoms with E-state index in [1.54, 1.807) is 11.0 Å². The van der Waals surface area contributed by atoms with Crippen LogP contribution in [0.15, 0.2) is 84.0 Å². The summed E-state index contributed by atoms with van der Waals surface area (Å²) in [6.45, 7) is 3.73. The van der Waals surface area contributed by atoms with Crippen LogP contribution < -0.4 is 4.90 Å². The number of thioether (sulfide) groups is 1. The van der Waals surface area contributed by atoms with Gasteiger partial charge in [0.1, 0.15) is 5.70 Å². The molecule has 0 N–H and O–H groups in total. The lowest BCUT2D eigenvalue weighted by molar-refractivity contribution is -0.113. The number of benzene rings is 2. The van der Waals surface area contributed by atoms with Gasteiger partial charge in [-0.15, -0.1) is 6.58 Å². The summed E-state index contributed by atoms with van der Waals surface area (Å²) in [6, 6.07) is 19.3. The van der Waals surface area contributed by atoms with Crippen molar-refractivity contribution >= 4 is 34.6 Å². The standard InChI is InChI=1S/C19H16N2OS/c1-2-13-23-19-20-17(14-15-9-5-3-6-10-15)18(22)21(19)16-11-7-4-8-12-16/h2-12,14H,1,13H2/b17-14-. The topological polar surface area (TPSA) is 32.7 Å². The van der Waals surface area contributed by atoms with Gasteiger partial charge in [0.2, 0.25) is 0 Å². The third kappa shape index (κ3) is 3.43. The maximum absolute atomic E-state index is 12.8. The molecule has 4 heteroatoms. The molecule has 1 amide bonds. The summed E-state index contributed by atoms with van der Waals surface area (Å²) in [5.74, 6) is 0.597. The van der Waals surface area contributed by atoms with Gasteiger partial charge in [-0.3, -0.25) is 9.69 Å². The van der Waals surface area contributed by atoms with Gasteiger partial charge in [0.15, 0.2) is 5.17 Å². The lowest BCUT2D eigenvalue weighted by atomic mass is 10.2. The van der Waals surface area contributed by atoms with E-state index in [4.69, 9.17) is 0 Å². The number of anilines is 1. The van der Waals surface area contributed by atoms with Crippen LogP contribution in [0.3, 0.4) is 0 Å². The van der Waals surface area contributed by atoms with Gasteiger partial charge in [-0.25, -0.2) is 4.99 Å². The Balaban J connectivity index is 1.97. The number of hydrogen-bond donors (Lipinski definition) is 0. The Morgan fingerprint density at radius 1 is 1.04 bits per heavy atom. The van der Waals surface area contributed by atoms with Crippen LogP contribution >= 0.6 is 11.8 Å². The zero-order chi connectivity index (χ0) is 16.1. The summed E-state index contributed by atoms with van der Waals surface area (Å²) < 4.78 is 0. The van der Waals surface area contributed by atoms with Gasteiger partial charge in [0.05, 0.1) is 5.69 Å². The molecule has 114 valence electrons. The Morgan fingerprint density at radius 3 is 2.35 bits per heavy atom. The van der Waals surface area contributed by atoms with Crippen molar-refractivity contribution in [3.05, 3.63) is 84.6 Å². The van der Waals surface area contributed by atoms with Crippen LogP contribution in [0.2, 0.25) is 0 Å². The average molecular weight is 320 g/mol. The van der Waals surface area contributed by atoms with Crippen LogP contribution in [0.4, 0.5) is 5.69 Å². The number of rotatable bonds is 4. The molecule has 0 saturated heterocycles. The fraction of sp³-hybridized carbons (Fsp3) is 0.0526. The largest absolute Gasteiger partial charge is 0.283 e. The SMILES string of the molecule is C=CCSC1=N/C(=C\c2ccccc2)C(=O)N1c1ccccc1. The van der Waals surface area contributed by atoms with Crippen molar-refractivity contribution in [1.29, 1.82) is 0 Å². The molecule has 0 aliphatic carbocycles. The normalized spacial score (nSPS) is 15.8. The fourth-order valence-electron chi connectivity index (χ4n) is 2.24. The molecule has 1 aliphatic rings. The van der Waals surface area contributed by atoms with Crippen molar-refractivity contribution in [3.8, 4) is 0 Å². The molecule has 23 heavy (non-hydrogen) atoms. The van der Waals surface area contributed by atoms with E-state index in [9.17, 15) is 4.79 Å². The van der Waals surface area contributed by atoms with Crippen LogP contribution in [-0.4, -0.2) is 16.8 Å². The summed E-state index contributed by atoms with van der Waals surface area (Å²) in [7, 11) is 0. The highest BCUT2D eigenvalue weighted by Gasteiger charge is 2.31. The number of aliphatic imine (C=N–C) groups is 1. The summed E-state index contributed by atoms with van der Waals surface area (Å²) >= 11 is 1.50. The zero-order valence-electron chi connectivity index (χ0n) is 12.6. The summed E-state index contributed by atoms with van der Waals surface area (Å²) in [6.07, 6.45) is 3.62. The van der Waals surface area contributed by atoms with Gasteiger partial charge in [-0.1, -0.05) is 66.4 Å². The minimum absolute atomic E-state index is 0.105. The number of hydrogen-bond acceptors (Lipinski definition) is 3. The molecule has 0 unspecified atom stereocenters. The Morgan fingerprint density at radius 2 is 1.70 bits per heavy atom. The van der Waals surface area contributed by atoms with E-state index in [0.717, 1.165) is 11.3 Å². The van der Waals surface area contributed by atoms with Crippen LogP contribution in [0.25, 0.3) is 6.08 Å². The van der Waals surface area contributed by atoms with Crippen LogP contribution in [0, 0.1) is 0 Å². The number of amidine groups is 1. The predicted octanol–water partition coefficient (Wildman–Crippen LogP) is 4.35. The second kappa shape index (κ2) is 7.11. The molecule has 0 bridgehead atoms. The lowest BCUT2D eigenvalue weighted by Gasteiger charge is -2.17. The molecule has 3 rings (SSSR count). The molecule has 2 aromatic carbocycles. The van der Waals surface area contributed by atoms with Crippen molar-refractivity contribution in [1.82, 2.24) is 0 Å². The van der Waals surface area contributed by atoms with Crippen molar-refractivity contribution < 1.29 is 4.79 Å². The van der Waals surface area contributed by atoms with Gasteiger partial charge >= 0.3 is 0 Å². The lowest BCUT2D eigenvalue weighted by Crippen LogP contribution is -2.30. The molecule has 1 heterocycles. The van der Waals surface area contributed by atoms with Crippen LogP contribution in [-0.2, 0) is 4.79 Å². The minimum Gasteiger partial charge on any atom is -0.266 e. The Labute approximate surface area is 140 Å². The van der Waals surface area contributed by atoms with Crippen molar-refractivity contribution in [2.24, 2.45) is 4.99 Å². The molecule has 2 aromatic rings. The number of amides is 1. The van der Waals surface area contributed by atoms with Gasteiger partial charge in [-0.05, 0) is 23.8 Å². The van der Waals surface area contributed by atoms with E-state index in [1.165, 1.54) is 11.8 Å². The first-order valence-corrected chi connectivity index (χ1v) is 8.27. The van der Waals surface area contributed by atoms with E-state index in [0.29, 0.717) is 16.6 Å². The molecule has 3 nitrogen and oxygen atoms in total. The fourth-order valence-corrected chi connectivity index (χ4v) is 2.99. The van der Waals surface area contributed by atoms with E-state index < -0.39 is 0 Å². The summed E-state index contributed by atoms with van der Waals surface area (Å²) in [5.41, 5.74) is 2.23. The minimum atomic E-state index is -0.105. The molecule has 0 atom stereocenters. The summed E-state index contributed by atoms with van der Waals surface area (Å²) in [5, 5.41) is 0.684. The predicted molar refractivity (Wildman–Crippen MR) is 98.4 cm³/mol. The molecule has 1 aliphatic heterocycles. The van der Waals surface area contributed by atoms with Gasteiger partial charge in [-0.2, -0.15) is 0 Å². The second-order valence-corrected chi connectivity index (χ2v) is 5.90. The van der Waals surface area contributed by atoms with Gasteiger partial charge in [0, 0.05) is 5.75 Å². The van der Waals surface area contributed by atoms with E-state index in [1.807, 2.05) is 66.7 Å². The third-order valence-electron chi connectivity index (χ3n) is 3.28. The Bertz CT molecular complexity index is 766. The molecule has 0 spiro atoms. The van der Waals surface area contributed by atoms with E-state index in [2.05, 4.69) is 11.6 Å². The Kier molecular flexibility index (Phi) is 4.74. The van der Waals surface area contributed by atoms with E-state index >= 15 is 0 Å². The molecule has 0 fully saturated rings. The molecular weight excluding hydrogens is 304 g/mol. The maximum atomic E-state index is 12.8. The smallest absolute Gasteiger partial charge is 0.266 e. The number of nitrogens with zero attached hydrogens (tertiary/aromatic N) is 2. The number of carbonyl (C=O) groups is 1. The Hall–Kier alpha value is -2.59. The second-order valence-electron chi connectivity index (χ2n) is 4.91.